The first-order valence-corrected chi connectivity index (χ1v) is 12.6. The topological polar surface area (TPSA) is 101 Å². The molecule has 1 aliphatic heterocycles. The van der Waals surface area contributed by atoms with E-state index < -0.39 is 17.9 Å². The molecule has 192 valence electrons. The number of methoxy groups -OCH3 is 1. The molecule has 37 heavy (non-hydrogen) atoms. The van der Waals surface area contributed by atoms with Crippen molar-refractivity contribution in [3.63, 3.8) is 0 Å². The number of hydrogen-bond acceptors (Lipinski definition) is 6. The molecule has 0 saturated carbocycles. The molecule has 10 heteroatoms. The number of carbonyl (C=O) groups excluding carboxylic acids is 3. The van der Waals surface area contributed by atoms with Crippen LogP contribution in [0.4, 0.5) is 0 Å². The lowest BCUT2D eigenvalue weighted by Gasteiger charge is -2.32. The van der Waals surface area contributed by atoms with Gasteiger partial charge >= 0.3 is 5.97 Å². The smallest absolute Gasteiger partial charge is 0.328 e. The summed E-state index contributed by atoms with van der Waals surface area (Å²) < 4.78 is 4.90. The molecular weight excluding hydrogens is 515 g/mol. The van der Waals surface area contributed by atoms with Gasteiger partial charge in [-0.25, -0.2) is 9.78 Å². The second-order valence-electron chi connectivity index (χ2n) is 8.75. The minimum absolute atomic E-state index is 0.101. The van der Waals surface area contributed by atoms with E-state index in [-0.39, 0.29) is 27.9 Å². The summed E-state index contributed by atoms with van der Waals surface area (Å²) in [5, 5.41) is 3.09. The maximum atomic E-state index is 12.8. The Bertz CT molecular complexity index is 1240. The van der Waals surface area contributed by atoms with Gasteiger partial charge in [-0.05, 0) is 42.0 Å². The number of benzene rings is 2. The number of amides is 2. The van der Waals surface area contributed by atoms with Gasteiger partial charge in [-0.2, -0.15) is 0 Å². The number of nitrogens with one attached hydrogen (secondary N) is 1. The van der Waals surface area contributed by atoms with Crippen molar-refractivity contribution in [2.75, 3.05) is 20.2 Å². The van der Waals surface area contributed by atoms with Crippen molar-refractivity contribution in [2.45, 2.75) is 31.2 Å². The zero-order valence-corrected chi connectivity index (χ0v) is 21.7. The van der Waals surface area contributed by atoms with Gasteiger partial charge in [0.25, 0.3) is 11.8 Å². The van der Waals surface area contributed by atoms with Gasteiger partial charge in [-0.15, -0.1) is 0 Å². The number of hydrogen-bond donors (Lipinski definition) is 1. The Labute approximate surface area is 225 Å². The van der Waals surface area contributed by atoms with Crippen molar-refractivity contribution in [3.05, 3.63) is 93.5 Å². The van der Waals surface area contributed by atoms with Crippen molar-refractivity contribution in [2.24, 2.45) is 0 Å². The number of halogens is 2. The molecule has 1 fully saturated rings. The van der Waals surface area contributed by atoms with Crippen LogP contribution >= 0.6 is 23.2 Å². The fraction of sp³-hybridized carbons (Fsp3) is 0.296. The van der Waals surface area contributed by atoms with Crippen LogP contribution in [-0.2, 0) is 16.0 Å². The molecule has 0 bridgehead atoms. The number of nitrogens with zero attached hydrogens (tertiary/aromatic N) is 3. The third kappa shape index (κ3) is 6.45. The summed E-state index contributed by atoms with van der Waals surface area (Å²) in [6.45, 7) is 1.28. The Morgan fingerprint density at radius 3 is 2.32 bits per heavy atom. The van der Waals surface area contributed by atoms with Gasteiger partial charge in [0.15, 0.2) is 0 Å². The molecule has 2 amide bonds. The van der Waals surface area contributed by atoms with E-state index in [4.69, 9.17) is 27.9 Å². The van der Waals surface area contributed by atoms with E-state index in [1.807, 2.05) is 29.2 Å². The highest BCUT2D eigenvalue weighted by Gasteiger charge is 2.27. The molecule has 0 spiro atoms. The van der Waals surface area contributed by atoms with Crippen LogP contribution in [0.2, 0.25) is 10.0 Å². The van der Waals surface area contributed by atoms with Gasteiger partial charge in [0, 0.05) is 31.9 Å². The Morgan fingerprint density at radius 1 is 1.05 bits per heavy atom. The predicted octanol–water partition coefficient (Wildman–Crippen LogP) is 4.32. The average molecular weight is 541 g/mol. The molecule has 1 aliphatic rings. The van der Waals surface area contributed by atoms with Gasteiger partial charge in [0.05, 0.1) is 28.9 Å². The molecule has 8 nitrogen and oxygen atoms in total. The van der Waals surface area contributed by atoms with Crippen LogP contribution in [0, 0.1) is 0 Å². The van der Waals surface area contributed by atoms with Crippen LogP contribution in [0.3, 0.4) is 0 Å². The van der Waals surface area contributed by atoms with Crippen LogP contribution in [0.5, 0.6) is 0 Å². The third-order valence-corrected chi connectivity index (χ3v) is 7.07. The zero-order valence-electron chi connectivity index (χ0n) is 20.2. The maximum Gasteiger partial charge on any atom is 0.328 e. The predicted molar refractivity (Wildman–Crippen MR) is 140 cm³/mol. The monoisotopic (exact) mass is 540 g/mol. The second-order valence-corrected chi connectivity index (χ2v) is 9.56. The first-order chi connectivity index (χ1) is 17.9. The molecule has 3 aromatic rings. The maximum absolute atomic E-state index is 12.8. The van der Waals surface area contributed by atoms with E-state index in [1.54, 1.807) is 24.4 Å². The van der Waals surface area contributed by atoms with E-state index >= 15 is 0 Å². The molecule has 0 aliphatic carbocycles. The number of likely N-dealkylation sites (tertiary alicyclic amines) is 1. The lowest BCUT2D eigenvalue weighted by atomic mass is 9.88. The van der Waals surface area contributed by atoms with Crippen LogP contribution in [0.1, 0.15) is 50.7 Å². The summed E-state index contributed by atoms with van der Waals surface area (Å²) in [4.78, 5) is 47.7. The molecule has 1 atom stereocenters. The molecule has 1 saturated heterocycles. The summed E-state index contributed by atoms with van der Waals surface area (Å²) in [5.41, 5.74) is 2.49. The largest absolute Gasteiger partial charge is 0.467 e. The van der Waals surface area contributed by atoms with Gasteiger partial charge in [0.1, 0.15) is 11.7 Å². The number of esters is 1. The Balaban J connectivity index is 1.37. The number of aromatic nitrogens is 2. The lowest BCUT2D eigenvalue weighted by molar-refractivity contribution is -0.142. The fourth-order valence-corrected chi connectivity index (χ4v) is 5.00. The highest BCUT2D eigenvalue weighted by molar-refractivity contribution is 6.39. The van der Waals surface area contributed by atoms with Crippen LogP contribution in [-0.4, -0.2) is 58.9 Å². The van der Waals surface area contributed by atoms with Crippen molar-refractivity contribution < 1.29 is 19.1 Å². The standard InChI is InChI=1S/C27H26Cl2N4O4/c1-37-27(36)22(32-25(34)24-20(28)3-2-4-21(24)29)15-17-5-7-18(8-6-17)19-9-13-33(14-10-19)26(35)23-16-30-11-12-31-23/h2-8,11-12,16,19,22H,9-10,13-15H2,1H3,(H,32,34). The van der Waals surface area contributed by atoms with E-state index in [9.17, 15) is 14.4 Å². The highest BCUT2D eigenvalue weighted by atomic mass is 35.5. The summed E-state index contributed by atoms with van der Waals surface area (Å²) in [6, 6.07) is 11.8. The Hall–Kier alpha value is -3.49. The van der Waals surface area contributed by atoms with Crippen molar-refractivity contribution in [1.82, 2.24) is 20.2 Å². The highest BCUT2D eigenvalue weighted by Crippen LogP contribution is 2.29. The molecule has 2 heterocycles. The number of carbonyl (C=O) groups is 3. The molecule has 0 radical (unpaired) electrons. The molecule has 1 aromatic heterocycles. The molecule has 4 rings (SSSR count). The molecular formula is C27H26Cl2N4O4. The van der Waals surface area contributed by atoms with Gasteiger partial charge in [-0.1, -0.05) is 53.5 Å². The fourth-order valence-electron chi connectivity index (χ4n) is 4.43. The minimum Gasteiger partial charge on any atom is -0.467 e. The minimum atomic E-state index is -0.911. The number of rotatable bonds is 7. The lowest BCUT2D eigenvalue weighted by Crippen LogP contribution is -2.43. The van der Waals surface area contributed by atoms with Crippen LogP contribution < -0.4 is 5.32 Å². The summed E-state index contributed by atoms with van der Waals surface area (Å²) in [7, 11) is 1.27. The normalized spacial score (nSPS) is 14.6. The molecule has 1 N–H and O–H groups in total. The zero-order chi connectivity index (χ0) is 26.4. The Morgan fingerprint density at radius 2 is 1.73 bits per heavy atom. The number of ether oxygens (including phenoxy) is 1. The van der Waals surface area contributed by atoms with Crippen LogP contribution in [0.15, 0.2) is 61.1 Å². The van der Waals surface area contributed by atoms with E-state index in [2.05, 4.69) is 15.3 Å². The molecule has 1 unspecified atom stereocenters. The van der Waals surface area contributed by atoms with Crippen LogP contribution in [0.25, 0.3) is 0 Å². The van der Waals surface area contributed by atoms with E-state index in [0.29, 0.717) is 24.7 Å². The second kappa shape index (κ2) is 12.2. The third-order valence-electron chi connectivity index (χ3n) is 6.44. The quantitative estimate of drug-likeness (QED) is 0.448. The number of piperidine rings is 1. The SMILES string of the molecule is COC(=O)C(Cc1ccc(C2CCN(C(=O)c3cnccn3)CC2)cc1)NC(=O)c1c(Cl)cccc1Cl. The van der Waals surface area contributed by atoms with Gasteiger partial charge < -0.3 is 15.0 Å². The first kappa shape index (κ1) is 26.6. The first-order valence-electron chi connectivity index (χ1n) is 11.8. The average Bonchev–Trinajstić information content (AvgIpc) is 2.92. The van der Waals surface area contributed by atoms with Crippen molar-refractivity contribution in [1.29, 1.82) is 0 Å². The summed E-state index contributed by atoms with van der Waals surface area (Å²) >= 11 is 12.3. The Kier molecular flexibility index (Phi) is 8.74. The van der Waals surface area contributed by atoms with E-state index in [0.717, 1.165) is 24.0 Å². The van der Waals surface area contributed by atoms with Gasteiger partial charge in [-0.3, -0.25) is 14.6 Å². The van der Waals surface area contributed by atoms with Crippen molar-refractivity contribution in [3.8, 4) is 0 Å². The van der Waals surface area contributed by atoms with E-state index in [1.165, 1.54) is 19.5 Å². The molecule has 2 aromatic carbocycles. The van der Waals surface area contributed by atoms with Gasteiger partial charge in [0.2, 0.25) is 0 Å². The summed E-state index contributed by atoms with van der Waals surface area (Å²) in [6.07, 6.45) is 6.47. The summed E-state index contributed by atoms with van der Waals surface area (Å²) in [5.74, 6) is -0.902. The van der Waals surface area contributed by atoms with Crippen molar-refractivity contribution >= 4 is 41.0 Å².